The largest absolute Gasteiger partial charge is 0.455 e. The quantitative estimate of drug-likeness (QED) is 0.294. The van der Waals surface area contributed by atoms with Gasteiger partial charge in [0.15, 0.2) is 5.82 Å². The number of alkyl halides is 3. The highest BCUT2D eigenvalue weighted by atomic mass is 35.5. The van der Waals surface area contributed by atoms with Gasteiger partial charge in [-0.1, -0.05) is 11.6 Å². The zero-order valence-electron chi connectivity index (χ0n) is 23.0. The van der Waals surface area contributed by atoms with E-state index in [1.165, 1.54) is 30.5 Å². The van der Waals surface area contributed by atoms with Crippen LogP contribution in [0.4, 0.5) is 18.9 Å². The van der Waals surface area contributed by atoms with Gasteiger partial charge in [0.2, 0.25) is 5.78 Å². The highest BCUT2D eigenvalue weighted by molar-refractivity contribution is 6.32. The summed E-state index contributed by atoms with van der Waals surface area (Å²) >= 11 is 6.28. The number of nitrogens with one attached hydrogen (secondary N) is 2. The molecule has 1 aromatic carbocycles. The van der Waals surface area contributed by atoms with Gasteiger partial charge in [0.1, 0.15) is 17.9 Å². The molecule has 0 aliphatic heterocycles. The third-order valence-corrected chi connectivity index (χ3v) is 5.89. The lowest BCUT2D eigenvalue weighted by molar-refractivity contribution is -0.145. The second-order valence-electron chi connectivity index (χ2n) is 10.2. The summed E-state index contributed by atoms with van der Waals surface area (Å²) < 4.78 is 39.6. The molecule has 0 spiro atoms. The van der Waals surface area contributed by atoms with Gasteiger partial charge in [-0.2, -0.15) is 28.3 Å². The average Bonchev–Trinajstić information content (AvgIpc) is 3.57. The number of carbonyl (C=O) groups is 3. The maximum atomic E-state index is 13.7. The number of hydrogen-bond acceptors (Lipinski definition) is 9. The maximum Gasteiger partial charge on any atom is 0.455 e. The van der Waals surface area contributed by atoms with Gasteiger partial charge >= 0.3 is 6.18 Å². The van der Waals surface area contributed by atoms with Crippen molar-refractivity contribution in [1.29, 1.82) is 5.26 Å². The summed E-state index contributed by atoms with van der Waals surface area (Å²) in [6.45, 7) is 6.10. The molecule has 2 N–H and O–H groups in total. The minimum absolute atomic E-state index is 0.00999. The topological polar surface area (TPSA) is 173 Å². The molecule has 17 heteroatoms. The molecule has 0 radical (unpaired) electrons. The Morgan fingerprint density at radius 2 is 1.81 bits per heavy atom. The molecule has 3 aromatic heterocycles. The molecule has 0 aliphatic carbocycles. The van der Waals surface area contributed by atoms with Crippen molar-refractivity contribution < 1.29 is 27.6 Å². The van der Waals surface area contributed by atoms with E-state index in [9.17, 15) is 32.8 Å². The number of nitriles is 1. The van der Waals surface area contributed by atoms with Gasteiger partial charge in [-0.05, 0) is 62.7 Å². The second-order valence-corrected chi connectivity index (χ2v) is 10.6. The smallest absolute Gasteiger partial charge is 0.347 e. The molecule has 0 saturated heterocycles. The molecule has 43 heavy (non-hydrogen) atoms. The van der Waals surface area contributed by atoms with E-state index in [2.05, 4.69) is 36.1 Å². The van der Waals surface area contributed by atoms with Gasteiger partial charge in [0, 0.05) is 17.8 Å². The first kappa shape index (κ1) is 30.8. The number of pyridine rings is 1. The minimum atomic E-state index is -4.87. The monoisotopic (exact) mass is 614 g/mol. The van der Waals surface area contributed by atoms with Crippen molar-refractivity contribution in [2.75, 3.05) is 5.32 Å². The van der Waals surface area contributed by atoms with Gasteiger partial charge < -0.3 is 10.6 Å². The van der Waals surface area contributed by atoms with Crippen molar-refractivity contribution in [3.8, 4) is 11.9 Å². The summed E-state index contributed by atoms with van der Waals surface area (Å²) in [5, 5.41) is 28.4. The molecule has 0 atom stereocenters. The van der Waals surface area contributed by atoms with E-state index >= 15 is 0 Å². The van der Waals surface area contributed by atoms with Crippen molar-refractivity contribution in [1.82, 2.24) is 40.3 Å². The molecular weight excluding hydrogens is 593 g/mol. The lowest BCUT2D eigenvalue weighted by Crippen LogP contribution is -2.41. The van der Waals surface area contributed by atoms with Gasteiger partial charge in [0.25, 0.3) is 17.6 Å². The third kappa shape index (κ3) is 7.01. The van der Waals surface area contributed by atoms with Crippen LogP contribution in [0.25, 0.3) is 5.82 Å². The predicted molar refractivity (Wildman–Crippen MR) is 145 cm³/mol. The van der Waals surface area contributed by atoms with Crippen molar-refractivity contribution in [2.24, 2.45) is 0 Å². The standard InChI is InChI=1S/C26H22ClF3N10O3/c1-13-8-14(11-31)9-15(22(42)34-25(2,3)4)20(13)33-23(43)18-10-17(36-40(18)21-16(27)6-5-7-32-21)19(41)12-39-37-24(35-38-39)26(28,29)30/h5-10H,12H2,1-4H3,(H,33,43)(H,34,42). The Hall–Kier alpha value is -5.17. The Morgan fingerprint density at radius 3 is 2.42 bits per heavy atom. The van der Waals surface area contributed by atoms with Crippen LogP contribution in [-0.2, 0) is 12.7 Å². The highest BCUT2D eigenvalue weighted by Crippen LogP contribution is 2.27. The first-order valence-corrected chi connectivity index (χ1v) is 12.7. The molecule has 13 nitrogen and oxygen atoms in total. The van der Waals surface area contributed by atoms with Crippen molar-refractivity contribution in [2.45, 2.75) is 46.0 Å². The number of Topliss-reactive ketones (excluding diaryl/α,β-unsaturated/α-hetero) is 1. The molecular formula is C26H22ClF3N10O3. The number of rotatable bonds is 7. The van der Waals surface area contributed by atoms with Gasteiger partial charge in [0.05, 0.1) is 27.9 Å². The molecule has 4 rings (SSSR count). The molecule has 3 heterocycles. The Labute approximate surface area is 246 Å². The maximum absolute atomic E-state index is 13.7. The first-order valence-electron chi connectivity index (χ1n) is 12.3. The van der Waals surface area contributed by atoms with Gasteiger partial charge in [-0.3, -0.25) is 14.4 Å². The number of aryl methyl sites for hydroxylation is 1. The number of halogens is 4. The van der Waals surface area contributed by atoms with Crippen molar-refractivity contribution in [3.05, 3.63) is 75.5 Å². The zero-order valence-corrected chi connectivity index (χ0v) is 23.7. The summed E-state index contributed by atoms with van der Waals surface area (Å²) in [5.74, 6) is -3.82. The molecule has 0 bridgehead atoms. The number of aromatic nitrogens is 7. The number of ketones is 1. The number of tetrazole rings is 1. The lowest BCUT2D eigenvalue weighted by atomic mass is 10.0. The summed E-state index contributed by atoms with van der Waals surface area (Å²) in [4.78, 5) is 44.4. The van der Waals surface area contributed by atoms with Crippen LogP contribution in [0.5, 0.6) is 0 Å². The van der Waals surface area contributed by atoms with Crippen LogP contribution in [0.2, 0.25) is 5.02 Å². The fraction of sp³-hybridized carbons (Fsp3) is 0.269. The number of anilines is 1. The van der Waals surface area contributed by atoms with Crippen molar-refractivity contribution >= 4 is 34.9 Å². The highest BCUT2D eigenvalue weighted by Gasteiger charge is 2.37. The number of hydrogen-bond donors (Lipinski definition) is 2. The molecule has 222 valence electrons. The summed E-state index contributed by atoms with van der Waals surface area (Å²) in [6, 6.07) is 8.85. The molecule has 0 fully saturated rings. The minimum Gasteiger partial charge on any atom is -0.347 e. The van der Waals surface area contributed by atoms with E-state index in [4.69, 9.17) is 11.6 Å². The van der Waals surface area contributed by atoms with Gasteiger partial charge in [-0.15, -0.1) is 10.2 Å². The van der Waals surface area contributed by atoms with Crippen LogP contribution >= 0.6 is 11.6 Å². The zero-order chi connectivity index (χ0) is 31.7. The summed E-state index contributed by atoms with van der Waals surface area (Å²) in [7, 11) is 0. The summed E-state index contributed by atoms with van der Waals surface area (Å²) in [6.07, 6.45) is -3.50. The van der Waals surface area contributed by atoms with Gasteiger partial charge in [-0.25, -0.2) is 9.67 Å². The Bertz CT molecular complexity index is 1780. The Morgan fingerprint density at radius 1 is 1.09 bits per heavy atom. The molecule has 0 saturated carbocycles. The number of benzene rings is 1. The van der Waals surface area contributed by atoms with E-state index in [0.717, 1.165) is 10.7 Å². The molecule has 0 unspecified atom stereocenters. The number of amides is 2. The van der Waals surface area contributed by atoms with E-state index in [0.29, 0.717) is 10.4 Å². The molecule has 2 amide bonds. The van der Waals surface area contributed by atoms with Crippen LogP contribution < -0.4 is 10.6 Å². The lowest BCUT2D eigenvalue weighted by Gasteiger charge is -2.22. The van der Waals surface area contributed by atoms with Crippen LogP contribution in [0.15, 0.2) is 36.5 Å². The average molecular weight is 615 g/mol. The van der Waals surface area contributed by atoms with Crippen LogP contribution in [0, 0.1) is 18.3 Å². The molecule has 0 aliphatic rings. The van der Waals surface area contributed by atoms with Crippen LogP contribution in [0.3, 0.4) is 0 Å². The number of nitrogens with zero attached hydrogens (tertiary/aromatic N) is 8. The Kier molecular flexibility index (Phi) is 8.31. The normalized spacial score (nSPS) is 11.6. The first-order chi connectivity index (χ1) is 20.1. The van der Waals surface area contributed by atoms with Crippen LogP contribution in [0.1, 0.15) is 69.1 Å². The predicted octanol–water partition coefficient (Wildman–Crippen LogP) is 3.77. The van der Waals surface area contributed by atoms with Crippen LogP contribution in [-0.4, -0.2) is 58.1 Å². The fourth-order valence-electron chi connectivity index (χ4n) is 3.79. The van der Waals surface area contributed by atoms with E-state index < -0.39 is 41.7 Å². The Balaban J connectivity index is 1.75. The third-order valence-electron chi connectivity index (χ3n) is 5.60. The number of carbonyl (C=O) groups excluding carboxylic acids is 3. The SMILES string of the molecule is Cc1cc(C#N)cc(C(=O)NC(C)(C)C)c1NC(=O)c1cc(C(=O)Cn2nnc(C(F)(F)F)n2)nn1-c1ncccc1Cl. The van der Waals surface area contributed by atoms with Crippen molar-refractivity contribution in [3.63, 3.8) is 0 Å². The molecule has 4 aromatic rings. The van der Waals surface area contributed by atoms with E-state index in [1.807, 2.05) is 6.07 Å². The van der Waals surface area contributed by atoms with E-state index in [1.54, 1.807) is 27.7 Å². The van der Waals surface area contributed by atoms with E-state index in [-0.39, 0.29) is 39.0 Å². The second kappa shape index (κ2) is 11.6. The fourth-order valence-corrected chi connectivity index (χ4v) is 3.99. The summed E-state index contributed by atoms with van der Waals surface area (Å²) in [5.41, 5.74) is -0.568.